The molecule has 0 amide bonds. The molecule has 1 aromatic carbocycles. The first-order valence-electron chi connectivity index (χ1n) is 10.2. The van der Waals surface area contributed by atoms with Crippen molar-refractivity contribution in [2.45, 2.75) is 75.0 Å². The van der Waals surface area contributed by atoms with Crippen LogP contribution < -0.4 is 9.47 Å². The molecule has 3 heterocycles. The summed E-state index contributed by atoms with van der Waals surface area (Å²) in [5.74, 6) is 1.19. The molecular weight excluding hydrogens is 346 g/mol. The van der Waals surface area contributed by atoms with Gasteiger partial charge in [-0.2, -0.15) is 5.06 Å². The van der Waals surface area contributed by atoms with Crippen LogP contribution in [0, 0.1) is 0 Å². The molecule has 5 rings (SSSR count). The Kier molecular flexibility index (Phi) is 4.55. The third kappa shape index (κ3) is 3.03. The van der Waals surface area contributed by atoms with Crippen molar-refractivity contribution in [2.24, 2.45) is 0 Å². The van der Waals surface area contributed by atoms with E-state index in [1.54, 1.807) is 14.2 Å². The highest BCUT2D eigenvalue weighted by atomic mass is 16.8. The largest absolute Gasteiger partial charge is 0.493 e. The van der Waals surface area contributed by atoms with Crippen molar-refractivity contribution in [3.05, 3.63) is 23.8 Å². The number of fused-ring (bicyclic) bond motifs is 2. The first-order chi connectivity index (χ1) is 13.2. The highest BCUT2D eigenvalue weighted by Gasteiger charge is 2.54. The van der Waals surface area contributed by atoms with Crippen molar-refractivity contribution < 1.29 is 23.8 Å². The van der Waals surface area contributed by atoms with Crippen LogP contribution in [-0.4, -0.2) is 49.9 Å². The minimum Gasteiger partial charge on any atom is -0.493 e. The molecule has 3 aliphatic heterocycles. The second kappa shape index (κ2) is 6.92. The van der Waals surface area contributed by atoms with Crippen LogP contribution >= 0.6 is 0 Å². The summed E-state index contributed by atoms with van der Waals surface area (Å²) in [5.41, 5.74) is 1.20. The monoisotopic (exact) mass is 375 g/mol. The smallest absolute Gasteiger partial charge is 0.168 e. The number of benzene rings is 1. The zero-order chi connectivity index (χ0) is 18.4. The predicted octanol–water partition coefficient (Wildman–Crippen LogP) is 3.60. The molecular formula is C21H29NO5. The Morgan fingerprint density at radius 1 is 1.04 bits per heavy atom. The lowest BCUT2D eigenvalue weighted by atomic mass is 9.90. The Labute approximate surface area is 160 Å². The lowest BCUT2D eigenvalue weighted by Crippen LogP contribution is -2.43. The molecule has 3 saturated heterocycles. The van der Waals surface area contributed by atoms with E-state index in [0.29, 0.717) is 6.61 Å². The minimum atomic E-state index is -0.329. The Hall–Kier alpha value is -1.34. The van der Waals surface area contributed by atoms with Gasteiger partial charge >= 0.3 is 0 Å². The molecule has 4 aliphatic rings. The van der Waals surface area contributed by atoms with E-state index in [4.69, 9.17) is 23.8 Å². The highest BCUT2D eigenvalue weighted by molar-refractivity contribution is 5.44. The summed E-state index contributed by atoms with van der Waals surface area (Å²) in [6.45, 7) is 0.676. The lowest BCUT2D eigenvalue weighted by molar-refractivity contribution is -0.206. The van der Waals surface area contributed by atoms with Crippen LogP contribution in [0.4, 0.5) is 0 Å². The van der Waals surface area contributed by atoms with Crippen LogP contribution in [-0.2, 0) is 14.3 Å². The summed E-state index contributed by atoms with van der Waals surface area (Å²) < 4.78 is 23.5. The molecule has 0 N–H and O–H groups in total. The van der Waals surface area contributed by atoms with Crippen molar-refractivity contribution in [1.82, 2.24) is 5.06 Å². The summed E-state index contributed by atoms with van der Waals surface area (Å²) in [7, 11) is 3.34. The van der Waals surface area contributed by atoms with Crippen molar-refractivity contribution in [2.75, 3.05) is 20.8 Å². The number of ether oxygens (including phenoxy) is 4. The minimum absolute atomic E-state index is 0.0936. The fraction of sp³-hybridized carbons (Fsp3) is 0.714. The SMILES string of the molecule is COc1ccc([C@H]2C[C@@H]3C[C@@H]([C@H]4COC5(CCCCC5)O4)N2O3)cc1OC. The number of methoxy groups -OCH3 is 2. The average Bonchev–Trinajstić information content (AvgIpc) is 3.42. The topological polar surface area (TPSA) is 49.4 Å². The van der Waals surface area contributed by atoms with Crippen molar-refractivity contribution in [3.8, 4) is 11.5 Å². The molecule has 0 aromatic heterocycles. The second-order valence-electron chi connectivity index (χ2n) is 8.19. The molecule has 5 atom stereocenters. The molecule has 2 bridgehead atoms. The standard InChI is InChI=1S/C21H29NO5/c1-23-18-7-6-14(10-19(18)24-2)16-11-15-12-17(22(16)27-15)20-13-25-21(26-20)8-4-3-5-9-21/h6-7,10,15-17,20H,3-5,8-9,11-13H2,1-2H3/t15-,16-,17+,20-/m1/s1. The predicted molar refractivity (Wildman–Crippen MR) is 98.7 cm³/mol. The highest BCUT2D eigenvalue weighted by Crippen LogP contribution is 2.49. The van der Waals surface area contributed by atoms with Crippen LogP contribution in [0.2, 0.25) is 0 Å². The summed E-state index contributed by atoms with van der Waals surface area (Å²) in [4.78, 5) is 6.20. The van der Waals surface area contributed by atoms with Crippen molar-refractivity contribution >= 4 is 0 Å². The van der Waals surface area contributed by atoms with E-state index in [-0.39, 0.29) is 30.1 Å². The van der Waals surface area contributed by atoms with Gasteiger partial charge in [-0.1, -0.05) is 12.5 Å². The van der Waals surface area contributed by atoms with Crippen LogP contribution in [0.3, 0.4) is 0 Å². The number of nitrogens with zero attached hydrogens (tertiary/aromatic N) is 1. The summed E-state index contributed by atoms with van der Waals surface area (Å²) in [6.07, 6.45) is 8.14. The van der Waals surface area contributed by atoms with Gasteiger partial charge in [-0.3, -0.25) is 4.84 Å². The van der Waals surface area contributed by atoms with E-state index >= 15 is 0 Å². The fourth-order valence-corrected chi connectivity index (χ4v) is 5.24. The molecule has 1 aromatic rings. The number of hydroxylamine groups is 2. The van der Waals surface area contributed by atoms with Gasteiger partial charge in [-0.25, -0.2) is 0 Å². The molecule has 1 aliphatic carbocycles. The van der Waals surface area contributed by atoms with Crippen LogP contribution in [0.1, 0.15) is 56.6 Å². The van der Waals surface area contributed by atoms with Gasteiger partial charge in [-0.05, 0) is 43.4 Å². The third-order valence-electron chi connectivity index (χ3n) is 6.61. The quantitative estimate of drug-likeness (QED) is 0.801. The fourth-order valence-electron chi connectivity index (χ4n) is 5.24. The number of piperidine rings is 1. The Morgan fingerprint density at radius 3 is 2.59 bits per heavy atom. The molecule has 1 saturated carbocycles. The van der Waals surface area contributed by atoms with Gasteiger partial charge < -0.3 is 18.9 Å². The van der Waals surface area contributed by atoms with Gasteiger partial charge in [0.1, 0.15) is 6.10 Å². The molecule has 1 unspecified atom stereocenters. The Balaban J connectivity index is 1.33. The molecule has 4 fully saturated rings. The first-order valence-corrected chi connectivity index (χ1v) is 10.2. The van der Waals surface area contributed by atoms with Gasteiger partial charge in [0.2, 0.25) is 0 Å². The number of hydrogen-bond acceptors (Lipinski definition) is 6. The second-order valence-corrected chi connectivity index (χ2v) is 8.19. The zero-order valence-corrected chi connectivity index (χ0v) is 16.2. The third-order valence-corrected chi connectivity index (χ3v) is 6.61. The summed E-state index contributed by atoms with van der Waals surface area (Å²) in [6, 6.07) is 6.63. The lowest BCUT2D eigenvalue weighted by Gasteiger charge is -2.35. The van der Waals surface area contributed by atoms with Crippen LogP contribution in [0.25, 0.3) is 0 Å². The zero-order valence-electron chi connectivity index (χ0n) is 16.2. The average molecular weight is 375 g/mol. The van der Waals surface area contributed by atoms with Gasteiger partial charge in [0.25, 0.3) is 0 Å². The first kappa shape index (κ1) is 17.7. The molecule has 27 heavy (non-hydrogen) atoms. The molecule has 148 valence electrons. The maximum absolute atomic E-state index is 6.50. The molecule has 6 heteroatoms. The normalized spacial score (nSPS) is 37.0. The summed E-state index contributed by atoms with van der Waals surface area (Å²) >= 11 is 0. The van der Waals surface area contributed by atoms with E-state index < -0.39 is 0 Å². The van der Waals surface area contributed by atoms with Gasteiger partial charge in [0, 0.05) is 12.8 Å². The molecule has 6 nitrogen and oxygen atoms in total. The Bertz CT molecular complexity index is 689. The maximum Gasteiger partial charge on any atom is 0.168 e. The maximum atomic E-state index is 6.50. The van der Waals surface area contributed by atoms with E-state index in [9.17, 15) is 0 Å². The number of rotatable bonds is 4. The molecule has 1 spiro atoms. The van der Waals surface area contributed by atoms with Crippen molar-refractivity contribution in [3.63, 3.8) is 0 Å². The van der Waals surface area contributed by atoms with Gasteiger partial charge in [-0.15, -0.1) is 0 Å². The van der Waals surface area contributed by atoms with Gasteiger partial charge in [0.05, 0.1) is 39.0 Å². The van der Waals surface area contributed by atoms with E-state index in [2.05, 4.69) is 17.2 Å². The Morgan fingerprint density at radius 2 is 1.85 bits per heavy atom. The number of hydrogen-bond donors (Lipinski definition) is 0. The van der Waals surface area contributed by atoms with E-state index in [0.717, 1.165) is 37.2 Å². The van der Waals surface area contributed by atoms with Crippen molar-refractivity contribution in [1.29, 1.82) is 0 Å². The van der Waals surface area contributed by atoms with E-state index in [1.165, 1.54) is 24.8 Å². The van der Waals surface area contributed by atoms with Crippen LogP contribution in [0.15, 0.2) is 18.2 Å². The van der Waals surface area contributed by atoms with E-state index in [1.807, 2.05) is 6.07 Å². The van der Waals surface area contributed by atoms with Gasteiger partial charge in [0.15, 0.2) is 17.3 Å². The van der Waals surface area contributed by atoms with Crippen LogP contribution in [0.5, 0.6) is 11.5 Å². The summed E-state index contributed by atoms with van der Waals surface area (Å²) in [5, 5.41) is 2.17. The molecule has 0 radical (unpaired) electrons.